The smallest absolute Gasteiger partial charge is 0.154 e. The Morgan fingerprint density at radius 1 is 1.03 bits per heavy atom. The van der Waals surface area contributed by atoms with Crippen LogP contribution in [-0.2, 0) is 5.41 Å². The van der Waals surface area contributed by atoms with E-state index < -0.39 is 0 Å². The fourth-order valence-corrected chi connectivity index (χ4v) is 3.73. The third kappa shape index (κ3) is 3.71. The summed E-state index contributed by atoms with van der Waals surface area (Å²) in [4.78, 5) is 20.1. The van der Waals surface area contributed by atoms with Crippen LogP contribution in [0.5, 0.6) is 0 Å². The Balaban J connectivity index is 1.57. The van der Waals surface area contributed by atoms with Crippen molar-refractivity contribution in [2.45, 2.75) is 38.6 Å². The molecule has 1 aliphatic rings. The number of anilines is 3. The van der Waals surface area contributed by atoms with Gasteiger partial charge in [0.2, 0.25) is 0 Å². The Labute approximate surface area is 172 Å². The van der Waals surface area contributed by atoms with E-state index in [-0.39, 0.29) is 5.41 Å². The molecule has 1 atom stereocenters. The molecule has 0 radical (unpaired) electrons. The Kier molecular flexibility index (Phi) is 4.80. The molecule has 3 aromatic rings. The molecule has 29 heavy (non-hydrogen) atoms. The van der Waals surface area contributed by atoms with E-state index in [0.29, 0.717) is 6.04 Å². The highest BCUT2D eigenvalue weighted by atomic mass is 15.3. The van der Waals surface area contributed by atoms with Crippen molar-refractivity contribution in [2.75, 3.05) is 48.9 Å². The molecule has 1 aliphatic heterocycles. The van der Waals surface area contributed by atoms with Crippen molar-refractivity contribution in [1.29, 1.82) is 0 Å². The van der Waals surface area contributed by atoms with Crippen molar-refractivity contribution in [3.8, 4) is 0 Å². The van der Waals surface area contributed by atoms with Crippen LogP contribution >= 0.6 is 0 Å². The summed E-state index contributed by atoms with van der Waals surface area (Å²) in [5.41, 5.74) is 2.16. The van der Waals surface area contributed by atoms with Crippen LogP contribution in [0.4, 0.5) is 17.5 Å². The Hall–Kier alpha value is -2.90. The lowest BCUT2D eigenvalue weighted by Gasteiger charge is -2.26. The summed E-state index contributed by atoms with van der Waals surface area (Å²) in [6.45, 7) is 8.43. The van der Waals surface area contributed by atoms with Crippen molar-refractivity contribution in [2.24, 2.45) is 0 Å². The summed E-state index contributed by atoms with van der Waals surface area (Å²) >= 11 is 0. The third-order valence-electron chi connectivity index (χ3n) is 5.61. The number of hydrogen-bond acceptors (Lipinski definition) is 7. The summed E-state index contributed by atoms with van der Waals surface area (Å²) in [5.74, 6) is 2.86. The summed E-state index contributed by atoms with van der Waals surface area (Å²) in [5, 5.41) is 4.76. The molecule has 1 saturated heterocycles. The molecule has 0 amide bonds. The van der Waals surface area contributed by atoms with Crippen molar-refractivity contribution < 1.29 is 0 Å². The topological polar surface area (TPSA) is 65.7 Å². The number of aromatic nitrogens is 5. The lowest BCUT2D eigenvalue weighted by Crippen LogP contribution is -2.35. The first-order chi connectivity index (χ1) is 13.7. The minimum atomic E-state index is 0.00815. The van der Waals surface area contributed by atoms with Crippen molar-refractivity contribution in [3.63, 3.8) is 0 Å². The monoisotopic (exact) mass is 394 g/mol. The lowest BCUT2D eigenvalue weighted by molar-refractivity contribution is 0.562. The highest BCUT2D eigenvalue weighted by molar-refractivity contribution is 5.70. The minimum absolute atomic E-state index is 0.00815. The predicted molar refractivity (Wildman–Crippen MR) is 117 cm³/mol. The van der Waals surface area contributed by atoms with Crippen LogP contribution in [-0.4, -0.2) is 64.8 Å². The van der Waals surface area contributed by atoms with Gasteiger partial charge in [-0.05, 0) is 12.5 Å². The molecule has 1 unspecified atom stereocenters. The molecule has 8 nitrogen and oxygen atoms in total. The largest absolute Gasteiger partial charge is 0.363 e. The normalized spacial score (nSPS) is 17.2. The Morgan fingerprint density at radius 2 is 1.79 bits per heavy atom. The molecule has 0 N–H and O–H groups in total. The maximum atomic E-state index is 4.76. The zero-order valence-corrected chi connectivity index (χ0v) is 18.2. The lowest BCUT2D eigenvalue weighted by atomic mass is 9.92. The third-order valence-corrected chi connectivity index (χ3v) is 5.61. The average molecular weight is 395 g/mol. The van der Waals surface area contributed by atoms with E-state index >= 15 is 0 Å². The number of rotatable bonds is 4. The van der Waals surface area contributed by atoms with Crippen LogP contribution in [0.3, 0.4) is 0 Å². The highest BCUT2D eigenvalue weighted by Crippen LogP contribution is 2.29. The molecule has 0 saturated carbocycles. The van der Waals surface area contributed by atoms with E-state index in [1.54, 1.807) is 6.33 Å². The van der Waals surface area contributed by atoms with Gasteiger partial charge in [-0.2, -0.15) is 5.10 Å². The van der Waals surface area contributed by atoms with Gasteiger partial charge in [-0.3, -0.25) is 0 Å². The van der Waals surface area contributed by atoms with Gasteiger partial charge in [0.1, 0.15) is 23.5 Å². The maximum absolute atomic E-state index is 4.76. The summed E-state index contributed by atoms with van der Waals surface area (Å²) in [6.07, 6.45) is 6.46. The number of likely N-dealkylation sites (N-methyl/N-ethyl adjacent to an activating group) is 1. The van der Waals surface area contributed by atoms with E-state index in [4.69, 9.17) is 10.1 Å². The average Bonchev–Trinajstić information content (AvgIpc) is 3.34. The van der Waals surface area contributed by atoms with Crippen LogP contribution in [0.15, 0.2) is 30.9 Å². The first-order valence-corrected chi connectivity index (χ1v) is 10.1. The number of fused-ring (bicyclic) bond motifs is 1. The molecule has 1 fully saturated rings. The van der Waals surface area contributed by atoms with Gasteiger partial charge in [0, 0.05) is 64.1 Å². The van der Waals surface area contributed by atoms with E-state index in [2.05, 4.69) is 53.7 Å². The van der Waals surface area contributed by atoms with Crippen molar-refractivity contribution in [1.82, 2.24) is 24.6 Å². The van der Waals surface area contributed by atoms with Gasteiger partial charge >= 0.3 is 0 Å². The van der Waals surface area contributed by atoms with Crippen molar-refractivity contribution >= 4 is 23.0 Å². The molecule has 4 heterocycles. The van der Waals surface area contributed by atoms with Crippen LogP contribution in [0.1, 0.15) is 32.9 Å². The van der Waals surface area contributed by atoms with Gasteiger partial charge in [0.15, 0.2) is 5.82 Å². The fraction of sp³-hybridized carbons (Fsp3) is 0.524. The molecule has 154 valence electrons. The molecule has 4 rings (SSSR count). The van der Waals surface area contributed by atoms with Gasteiger partial charge in [0.05, 0.1) is 5.69 Å². The molecule has 3 aromatic heterocycles. The molecular weight excluding hydrogens is 364 g/mol. The second-order valence-electron chi connectivity index (χ2n) is 8.99. The van der Waals surface area contributed by atoms with E-state index in [1.165, 1.54) is 0 Å². The molecular formula is C21H30N8. The predicted octanol–water partition coefficient (Wildman–Crippen LogP) is 2.60. The SMILES string of the molecule is CN(C)c1cc(N(C)C2CCN(c3nccn4nc(C(C)(C)C)cc34)C2)ncn1. The first-order valence-electron chi connectivity index (χ1n) is 10.1. The second kappa shape index (κ2) is 7.17. The van der Waals surface area contributed by atoms with E-state index in [0.717, 1.165) is 48.2 Å². The summed E-state index contributed by atoms with van der Waals surface area (Å²) < 4.78 is 1.95. The van der Waals surface area contributed by atoms with E-state index in [1.807, 2.05) is 42.0 Å². The van der Waals surface area contributed by atoms with Gasteiger partial charge < -0.3 is 14.7 Å². The number of hydrogen-bond donors (Lipinski definition) is 0. The minimum Gasteiger partial charge on any atom is -0.363 e. The van der Waals surface area contributed by atoms with Gasteiger partial charge in [-0.25, -0.2) is 19.5 Å². The van der Waals surface area contributed by atoms with Gasteiger partial charge in [-0.1, -0.05) is 20.8 Å². The summed E-state index contributed by atoms with van der Waals surface area (Å²) in [7, 11) is 6.10. The van der Waals surface area contributed by atoms with Crippen LogP contribution < -0.4 is 14.7 Å². The summed E-state index contributed by atoms with van der Waals surface area (Å²) in [6, 6.07) is 4.58. The quantitative estimate of drug-likeness (QED) is 0.674. The maximum Gasteiger partial charge on any atom is 0.154 e. The number of nitrogens with zero attached hydrogens (tertiary/aromatic N) is 8. The van der Waals surface area contributed by atoms with E-state index in [9.17, 15) is 0 Å². The molecule has 0 aliphatic carbocycles. The van der Waals surface area contributed by atoms with Crippen LogP contribution in [0, 0.1) is 0 Å². The Morgan fingerprint density at radius 3 is 2.52 bits per heavy atom. The second-order valence-corrected chi connectivity index (χ2v) is 8.99. The van der Waals surface area contributed by atoms with Gasteiger partial charge in [0.25, 0.3) is 0 Å². The zero-order valence-electron chi connectivity index (χ0n) is 18.2. The molecule has 8 heteroatoms. The molecule has 0 bridgehead atoms. The Bertz CT molecular complexity index is 1000. The van der Waals surface area contributed by atoms with Crippen LogP contribution in [0.25, 0.3) is 5.52 Å². The molecule has 0 aromatic carbocycles. The molecule has 0 spiro atoms. The van der Waals surface area contributed by atoms with Gasteiger partial charge in [-0.15, -0.1) is 0 Å². The first kappa shape index (κ1) is 19.4. The van der Waals surface area contributed by atoms with Crippen molar-refractivity contribution in [3.05, 3.63) is 36.5 Å². The standard InChI is InChI=1S/C21H30N8/c1-21(2,3)17-11-16-20(22-8-10-29(16)25-17)28-9-7-15(13-28)27(6)19-12-18(26(4)5)23-14-24-19/h8,10-12,14-15H,7,9,13H2,1-6H3. The van der Waals surface area contributed by atoms with Crippen LogP contribution in [0.2, 0.25) is 0 Å². The fourth-order valence-electron chi connectivity index (χ4n) is 3.73. The zero-order chi connectivity index (χ0) is 20.8. The highest BCUT2D eigenvalue weighted by Gasteiger charge is 2.29.